The Kier molecular flexibility index (Phi) is 3.05. The van der Waals surface area contributed by atoms with Gasteiger partial charge in [-0.15, -0.1) is 0 Å². The molecule has 0 aromatic rings. The molecule has 0 bridgehead atoms. The van der Waals surface area contributed by atoms with E-state index < -0.39 is 6.04 Å². The van der Waals surface area contributed by atoms with Gasteiger partial charge in [0.2, 0.25) is 5.91 Å². The van der Waals surface area contributed by atoms with Gasteiger partial charge in [0.1, 0.15) is 6.04 Å². The molecule has 2 unspecified atom stereocenters. The number of rotatable bonds is 1. The smallest absolute Gasteiger partial charge is 0.241 e. The van der Waals surface area contributed by atoms with Crippen LogP contribution in [0.1, 0.15) is 13.3 Å². The van der Waals surface area contributed by atoms with Gasteiger partial charge in [0.05, 0.1) is 6.61 Å². The molecule has 1 heterocycles. The molecule has 0 aromatic carbocycles. The van der Waals surface area contributed by atoms with Crippen LogP contribution in [0.5, 0.6) is 0 Å². The Morgan fingerprint density at radius 1 is 1.75 bits per heavy atom. The molecule has 0 radical (unpaired) electrons. The van der Waals surface area contributed by atoms with Crippen LogP contribution in [0.15, 0.2) is 0 Å². The van der Waals surface area contributed by atoms with Crippen molar-refractivity contribution >= 4 is 5.91 Å². The van der Waals surface area contributed by atoms with Crippen molar-refractivity contribution < 1.29 is 9.90 Å². The Balaban J connectivity index is 2.64. The third kappa shape index (κ3) is 1.95. The fourth-order valence-corrected chi connectivity index (χ4v) is 1.39. The summed E-state index contributed by atoms with van der Waals surface area (Å²) in [6.45, 7) is 2.67. The second kappa shape index (κ2) is 3.87. The molecule has 0 aromatic heterocycles. The van der Waals surface area contributed by atoms with E-state index in [-0.39, 0.29) is 12.5 Å². The predicted octanol–water partition coefficient (Wildman–Crippen LogP) is -0.812. The lowest BCUT2D eigenvalue weighted by atomic mass is 10.2. The van der Waals surface area contributed by atoms with Crippen molar-refractivity contribution in [2.24, 2.45) is 0 Å². The summed E-state index contributed by atoms with van der Waals surface area (Å²) in [5.74, 6) is -0.0122. The average Bonchev–Trinajstić information content (AvgIpc) is 2.18. The summed E-state index contributed by atoms with van der Waals surface area (Å²) in [4.78, 5) is 13.1. The molecule has 2 N–H and O–H groups in total. The lowest BCUT2D eigenvalue weighted by molar-refractivity contribution is -0.132. The number of hydrogen-bond donors (Lipinski definition) is 2. The molecular formula is C8H16N2O2. The van der Waals surface area contributed by atoms with Crippen molar-refractivity contribution in [1.29, 1.82) is 0 Å². The van der Waals surface area contributed by atoms with Gasteiger partial charge in [-0.25, -0.2) is 0 Å². The number of aliphatic hydroxyl groups excluding tert-OH is 1. The standard InChI is InChI=1S/C8H16N2O2/c1-6-3-4-10(2)8(12)7(5-11)9-6/h6-7,9,11H,3-5H2,1-2H3. The molecule has 70 valence electrons. The van der Waals surface area contributed by atoms with Crippen molar-refractivity contribution in [3.8, 4) is 0 Å². The quantitative estimate of drug-likeness (QED) is 0.544. The maximum Gasteiger partial charge on any atom is 0.241 e. The van der Waals surface area contributed by atoms with E-state index in [9.17, 15) is 4.79 Å². The zero-order valence-electron chi connectivity index (χ0n) is 7.58. The summed E-state index contributed by atoms with van der Waals surface area (Å²) in [5, 5.41) is 12.0. The van der Waals surface area contributed by atoms with Gasteiger partial charge in [-0.05, 0) is 13.3 Å². The lowest BCUT2D eigenvalue weighted by Gasteiger charge is -2.18. The Bertz CT molecular complexity index is 172. The molecular weight excluding hydrogens is 156 g/mol. The fourth-order valence-electron chi connectivity index (χ4n) is 1.39. The first-order valence-electron chi connectivity index (χ1n) is 4.27. The van der Waals surface area contributed by atoms with Gasteiger partial charge in [0, 0.05) is 19.6 Å². The number of carbonyl (C=O) groups is 1. The number of likely N-dealkylation sites (N-methyl/N-ethyl adjacent to an activating group) is 1. The van der Waals surface area contributed by atoms with Gasteiger partial charge in [-0.3, -0.25) is 4.79 Å². The number of hydrogen-bond acceptors (Lipinski definition) is 3. The van der Waals surface area contributed by atoms with Crippen molar-refractivity contribution in [2.45, 2.75) is 25.4 Å². The van der Waals surface area contributed by atoms with Crippen molar-refractivity contribution in [3.05, 3.63) is 0 Å². The van der Waals surface area contributed by atoms with E-state index in [4.69, 9.17) is 5.11 Å². The van der Waals surface area contributed by atoms with E-state index in [1.807, 2.05) is 6.92 Å². The van der Waals surface area contributed by atoms with Crippen LogP contribution in [0.4, 0.5) is 0 Å². The highest BCUT2D eigenvalue weighted by Crippen LogP contribution is 2.04. The molecule has 0 saturated carbocycles. The molecule has 4 heteroatoms. The van der Waals surface area contributed by atoms with Gasteiger partial charge in [-0.2, -0.15) is 0 Å². The zero-order chi connectivity index (χ0) is 9.14. The third-order valence-electron chi connectivity index (χ3n) is 2.24. The highest BCUT2D eigenvalue weighted by Gasteiger charge is 2.25. The SMILES string of the molecule is CC1CCN(C)C(=O)C(CO)N1. The lowest BCUT2D eigenvalue weighted by Crippen LogP contribution is -2.46. The van der Waals surface area contributed by atoms with Crippen LogP contribution in [0.3, 0.4) is 0 Å². The summed E-state index contributed by atoms with van der Waals surface area (Å²) < 4.78 is 0. The second-order valence-electron chi connectivity index (χ2n) is 3.35. The van der Waals surface area contributed by atoms with Crippen LogP contribution in [-0.4, -0.2) is 48.2 Å². The largest absolute Gasteiger partial charge is 0.394 e. The molecule has 4 nitrogen and oxygen atoms in total. The minimum atomic E-state index is -0.410. The van der Waals surface area contributed by atoms with Gasteiger partial charge >= 0.3 is 0 Å². The molecule has 2 atom stereocenters. The zero-order valence-corrected chi connectivity index (χ0v) is 7.58. The van der Waals surface area contributed by atoms with Gasteiger partial charge < -0.3 is 15.3 Å². The van der Waals surface area contributed by atoms with Crippen LogP contribution in [-0.2, 0) is 4.79 Å². The second-order valence-corrected chi connectivity index (χ2v) is 3.35. The third-order valence-corrected chi connectivity index (χ3v) is 2.24. The number of amides is 1. The van der Waals surface area contributed by atoms with E-state index >= 15 is 0 Å². The monoisotopic (exact) mass is 172 g/mol. The maximum absolute atomic E-state index is 11.4. The Labute approximate surface area is 72.6 Å². The summed E-state index contributed by atoms with van der Waals surface area (Å²) >= 11 is 0. The van der Waals surface area contributed by atoms with E-state index in [0.717, 1.165) is 13.0 Å². The van der Waals surface area contributed by atoms with Crippen LogP contribution >= 0.6 is 0 Å². The molecule has 1 saturated heterocycles. The Morgan fingerprint density at radius 3 is 3.00 bits per heavy atom. The Hall–Kier alpha value is -0.610. The van der Waals surface area contributed by atoms with E-state index in [0.29, 0.717) is 6.04 Å². The van der Waals surface area contributed by atoms with Crippen LogP contribution < -0.4 is 5.32 Å². The summed E-state index contributed by atoms with van der Waals surface area (Å²) in [7, 11) is 1.77. The molecule has 1 aliphatic rings. The molecule has 0 aliphatic carbocycles. The topological polar surface area (TPSA) is 52.6 Å². The van der Waals surface area contributed by atoms with Crippen LogP contribution in [0.25, 0.3) is 0 Å². The summed E-state index contributed by atoms with van der Waals surface area (Å²) in [6, 6.07) is -0.108. The minimum absolute atomic E-state index is 0.0122. The van der Waals surface area contributed by atoms with Gasteiger partial charge in [0.25, 0.3) is 0 Å². The van der Waals surface area contributed by atoms with E-state index in [1.165, 1.54) is 0 Å². The molecule has 12 heavy (non-hydrogen) atoms. The highest BCUT2D eigenvalue weighted by atomic mass is 16.3. The Morgan fingerprint density at radius 2 is 2.42 bits per heavy atom. The number of nitrogens with one attached hydrogen (secondary N) is 1. The summed E-state index contributed by atoms with van der Waals surface area (Å²) in [5.41, 5.74) is 0. The van der Waals surface area contributed by atoms with Crippen LogP contribution in [0, 0.1) is 0 Å². The van der Waals surface area contributed by atoms with Gasteiger partial charge in [0.15, 0.2) is 0 Å². The highest BCUT2D eigenvalue weighted by molar-refractivity contribution is 5.82. The molecule has 1 amide bonds. The van der Waals surface area contributed by atoms with Gasteiger partial charge in [-0.1, -0.05) is 0 Å². The van der Waals surface area contributed by atoms with Crippen molar-refractivity contribution in [2.75, 3.05) is 20.2 Å². The average molecular weight is 172 g/mol. The molecule has 0 spiro atoms. The first kappa shape index (κ1) is 9.48. The first-order chi connectivity index (χ1) is 5.65. The van der Waals surface area contributed by atoms with E-state index in [2.05, 4.69) is 5.32 Å². The van der Waals surface area contributed by atoms with Crippen LogP contribution in [0.2, 0.25) is 0 Å². The van der Waals surface area contributed by atoms with E-state index in [1.54, 1.807) is 11.9 Å². The first-order valence-corrected chi connectivity index (χ1v) is 4.27. The molecule has 1 aliphatic heterocycles. The normalized spacial score (nSPS) is 31.9. The number of carbonyl (C=O) groups excluding carboxylic acids is 1. The van der Waals surface area contributed by atoms with Crippen molar-refractivity contribution in [3.63, 3.8) is 0 Å². The van der Waals surface area contributed by atoms with Crippen molar-refractivity contribution in [1.82, 2.24) is 10.2 Å². The molecule has 1 fully saturated rings. The number of aliphatic hydroxyl groups is 1. The predicted molar refractivity (Wildman–Crippen MR) is 45.7 cm³/mol. The summed E-state index contributed by atoms with van der Waals surface area (Å²) in [6.07, 6.45) is 0.943. The minimum Gasteiger partial charge on any atom is -0.394 e. The molecule has 1 rings (SSSR count). The maximum atomic E-state index is 11.4. The fraction of sp³-hybridized carbons (Fsp3) is 0.875. The number of nitrogens with zero attached hydrogens (tertiary/aromatic N) is 1.